The molecule has 9 heteroatoms. The van der Waals surface area contributed by atoms with Gasteiger partial charge in [-0.1, -0.05) is 0 Å². The van der Waals surface area contributed by atoms with E-state index in [2.05, 4.69) is 5.32 Å². The van der Waals surface area contributed by atoms with E-state index in [0.29, 0.717) is 36.3 Å². The molecule has 0 aliphatic carbocycles. The number of rotatable bonds is 7. The topological polar surface area (TPSA) is 80.3 Å². The number of hydrogen-bond donors (Lipinski definition) is 1. The van der Waals surface area contributed by atoms with Crippen molar-refractivity contribution in [3.05, 3.63) is 29.8 Å². The molecule has 0 atom stereocenters. The molecule has 1 aromatic rings. The molecule has 8 nitrogen and oxygen atoms in total. The van der Waals surface area contributed by atoms with Crippen LogP contribution in [-0.2, 0) is 14.3 Å². The van der Waals surface area contributed by atoms with E-state index in [9.17, 15) is 9.59 Å². The summed E-state index contributed by atoms with van der Waals surface area (Å²) in [6.07, 6.45) is 3.92. The van der Waals surface area contributed by atoms with E-state index < -0.39 is 5.97 Å². The lowest BCUT2D eigenvalue weighted by Gasteiger charge is -2.29. The summed E-state index contributed by atoms with van der Waals surface area (Å²) < 4.78 is 15.4. The summed E-state index contributed by atoms with van der Waals surface area (Å²) in [6, 6.07) is 5.35. The van der Waals surface area contributed by atoms with Crippen LogP contribution in [0.4, 0.5) is 0 Å². The van der Waals surface area contributed by atoms with Gasteiger partial charge in [0.25, 0.3) is 5.91 Å². The van der Waals surface area contributed by atoms with Crippen LogP contribution < -0.4 is 14.8 Å². The molecule has 0 aromatic heterocycles. The second kappa shape index (κ2) is 10.5. The van der Waals surface area contributed by atoms with Crippen LogP contribution in [0.1, 0.15) is 18.9 Å². The van der Waals surface area contributed by atoms with Gasteiger partial charge in [0, 0.05) is 24.7 Å². The highest BCUT2D eigenvalue weighted by Gasteiger charge is 2.27. The van der Waals surface area contributed by atoms with E-state index in [1.807, 2.05) is 0 Å². The van der Waals surface area contributed by atoms with Crippen molar-refractivity contribution in [2.24, 2.45) is 0 Å². The Morgan fingerprint density at radius 3 is 2.64 bits per heavy atom. The number of amides is 1. The Labute approximate surface area is 170 Å². The number of benzene rings is 1. The molecule has 1 aliphatic rings. The van der Waals surface area contributed by atoms with Gasteiger partial charge in [-0.25, -0.2) is 5.01 Å². The van der Waals surface area contributed by atoms with Crippen molar-refractivity contribution in [1.29, 1.82) is 0 Å². The maximum atomic E-state index is 12.7. The van der Waals surface area contributed by atoms with Gasteiger partial charge in [-0.2, -0.15) is 0 Å². The number of nitrogens with one attached hydrogen (secondary N) is 1. The first-order valence-corrected chi connectivity index (χ1v) is 9.33. The van der Waals surface area contributed by atoms with Crippen LogP contribution >= 0.6 is 12.2 Å². The molecule has 1 amide bonds. The minimum atomic E-state index is -0.396. The molecular formula is C19H25N3O5S. The Morgan fingerprint density at radius 1 is 1.21 bits per heavy atom. The molecule has 1 heterocycles. The monoisotopic (exact) mass is 407 g/mol. The second-order valence-corrected chi connectivity index (χ2v) is 6.23. The molecule has 0 saturated carbocycles. The molecule has 1 N–H and O–H groups in total. The lowest BCUT2D eigenvalue weighted by Crippen LogP contribution is -2.49. The fourth-order valence-electron chi connectivity index (χ4n) is 2.72. The van der Waals surface area contributed by atoms with Crippen molar-refractivity contribution < 1.29 is 23.8 Å². The van der Waals surface area contributed by atoms with Crippen molar-refractivity contribution in [1.82, 2.24) is 15.3 Å². The Balaban J connectivity index is 2.03. The number of carbonyl (C=O) groups excluding carboxylic acids is 2. The molecule has 0 spiro atoms. The number of esters is 1. The molecule has 0 radical (unpaired) electrons. The first-order valence-electron chi connectivity index (χ1n) is 8.92. The van der Waals surface area contributed by atoms with Gasteiger partial charge in [-0.15, -0.1) is 0 Å². The minimum absolute atomic E-state index is 0.0396. The molecule has 2 rings (SSSR count). The minimum Gasteiger partial charge on any atom is -0.497 e. The molecule has 1 fully saturated rings. The average Bonchev–Trinajstić information content (AvgIpc) is 3.20. The van der Waals surface area contributed by atoms with Crippen molar-refractivity contribution in [3.63, 3.8) is 0 Å². The van der Waals surface area contributed by atoms with Gasteiger partial charge in [-0.05, 0) is 49.8 Å². The normalized spacial score (nSPS) is 13.5. The van der Waals surface area contributed by atoms with Crippen LogP contribution in [0, 0.1) is 0 Å². The summed E-state index contributed by atoms with van der Waals surface area (Å²) >= 11 is 5.32. The van der Waals surface area contributed by atoms with E-state index in [1.165, 1.54) is 6.08 Å². The van der Waals surface area contributed by atoms with Gasteiger partial charge in [-0.3, -0.25) is 14.6 Å². The molecule has 152 valence electrons. The van der Waals surface area contributed by atoms with Crippen molar-refractivity contribution >= 4 is 35.3 Å². The van der Waals surface area contributed by atoms with Gasteiger partial charge < -0.3 is 19.5 Å². The molecular weight excluding hydrogens is 382 g/mol. The fraction of sp³-hybridized carbons (Fsp3) is 0.421. The lowest BCUT2D eigenvalue weighted by atomic mass is 10.1. The van der Waals surface area contributed by atoms with E-state index in [1.54, 1.807) is 55.4 Å². The molecule has 1 aromatic carbocycles. The number of methoxy groups -OCH3 is 2. The van der Waals surface area contributed by atoms with Gasteiger partial charge in [0.1, 0.15) is 18.0 Å². The SMILES string of the molecule is CCOC(=O)CNC(=S)N1CCCN1C(=O)C=Cc1cc(OC)ccc1OC. The van der Waals surface area contributed by atoms with Crippen LogP contribution in [0.3, 0.4) is 0 Å². The molecule has 1 aliphatic heterocycles. The largest absolute Gasteiger partial charge is 0.497 e. The second-order valence-electron chi connectivity index (χ2n) is 5.84. The third kappa shape index (κ3) is 5.59. The summed E-state index contributed by atoms with van der Waals surface area (Å²) in [7, 11) is 3.14. The summed E-state index contributed by atoms with van der Waals surface area (Å²) in [4.78, 5) is 24.1. The third-order valence-corrected chi connectivity index (χ3v) is 4.41. The van der Waals surface area contributed by atoms with Gasteiger partial charge in [0.05, 0.1) is 20.8 Å². The van der Waals surface area contributed by atoms with Crippen LogP contribution in [-0.4, -0.2) is 67.5 Å². The standard InChI is InChI=1S/C19H25N3O5S/c1-4-27-18(24)13-20-19(28)22-11-5-10-21(22)17(23)9-6-14-12-15(25-2)7-8-16(14)26-3/h6-9,12H,4-5,10-11,13H2,1-3H3,(H,20,28). The van der Waals surface area contributed by atoms with Gasteiger partial charge in [0.15, 0.2) is 5.11 Å². The van der Waals surface area contributed by atoms with Crippen molar-refractivity contribution in [2.75, 3.05) is 40.5 Å². The maximum Gasteiger partial charge on any atom is 0.325 e. The maximum absolute atomic E-state index is 12.7. The van der Waals surface area contributed by atoms with Crippen LogP contribution in [0.2, 0.25) is 0 Å². The third-order valence-electron chi connectivity index (χ3n) is 4.05. The number of thiocarbonyl (C=S) groups is 1. The van der Waals surface area contributed by atoms with Crippen LogP contribution in [0.25, 0.3) is 6.08 Å². The average molecular weight is 407 g/mol. The number of hydrogen-bond acceptors (Lipinski definition) is 6. The Kier molecular flexibility index (Phi) is 8.06. The predicted octanol–water partition coefficient (Wildman–Crippen LogP) is 1.60. The quantitative estimate of drug-likeness (QED) is 0.415. The van der Waals surface area contributed by atoms with Gasteiger partial charge in [0.2, 0.25) is 0 Å². The van der Waals surface area contributed by atoms with Gasteiger partial charge >= 0.3 is 5.97 Å². The number of carbonyl (C=O) groups is 2. The Morgan fingerprint density at radius 2 is 1.96 bits per heavy atom. The van der Waals surface area contributed by atoms with Crippen LogP contribution in [0.5, 0.6) is 11.5 Å². The number of hydrazine groups is 1. The van der Waals surface area contributed by atoms with E-state index in [4.69, 9.17) is 26.4 Å². The lowest BCUT2D eigenvalue weighted by molar-refractivity contribution is -0.141. The highest BCUT2D eigenvalue weighted by atomic mass is 32.1. The number of nitrogens with zero attached hydrogens (tertiary/aromatic N) is 2. The summed E-state index contributed by atoms with van der Waals surface area (Å²) in [5.41, 5.74) is 0.726. The van der Waals surface area contributed by atoms with Crippen LogP contribution in [0.15, 0.2) is 24.3 Å². The predicted molar refractivity (Wildman–Crippen MR) is 109 cm³/mol. The smallest absolute Gasteiger partial charge is 0.325 e. The molecule has 28 heavy (non-hydrogen) atoms. The van der Waals surface area contributed by atoms with E-state index in [0.717, 1.165) is 12.0 Å². The van der Waals surface area contributed by atoms with E-state index in [-0.39, 0.29) is 12.5 Å². The van der Waals surface area contributed by atoms with E-state index >= 15 is 0 Å². The first-order chi connectivity index (χ1) is 13.5. The first kappa shape index (κ1) is 21.5. The Bertz CT molecular complexity index is 753. The van der Waals surface area contributed by atoms with Crippen molar-refractivity contribution in [3.8, 4) is 11.5 Å². The zero-order chi connectivity index (χ0) is 20.5. The molecule has 1 saturated heterocycles. The molecule has 0 unspecified atom stereocenters. The zero-order valence-corrected chi connectivity index (χ0v) is 17.1. The summed E-state index contributed by atoms with van der Waals surface area (Å²) in [5, 5.41) is 6.34. The summed E-state index contributed by atoms with van der Waals surface area (Å²) in [6.45, 7) is 3.14. The summed E-state index contributed by atoms with van der Waals surface area (Å²) in [5.74, 6) is 0.685. The highest BCUT2D eigenvalue weighted by molar-refractivity contribution is 7.80. The zero-order valence-electron chi connectivity index (χ0n) is 16.3. The Hall–Kier alpha value is -2.81. The number of ether oxygens (including phenoxy) is 3. The molecule has 0 bridgehead atoms. The fourth-order valence-corrected chi connectivity index (χ4v) is 2.98. The highest BCUT2D eigenvalue weighted by Crippen LogP contribution is 2.25. The van der Waals surface area contributed by atoms with Crippen molar-refractivity contribution in [2.45, 2.75) is 13.3 Å².